The number of hydrogen-bond acceptors (Lipinski definition) is 3. The quantitative estimate of drug-likeness (QED) is 0.899. The molecule has 2 heterocycles. The van der Waals surface area contributed by atoms with Crippen LogP contribution < -0.4 is 0 Å². The van der Waals surface area contributed by atoms with Crippen LogP contribution in [-0.4, -0.2) is 28.4 Å². The first-order chi connectivity index (χ1) is 9.15. The molecule has 0 spiro atoms. The zero-order chi connectivity index (χ0) is 13.3. The molecule has 0 amide bonds. The Kier molecular flexibility index (Phi) is 3.25. The van der Waals surface area contributed by atoms with Gasteiger partial charge in [0.2, 0.25) is 0 Å². The Labute approximate surface area is 113 Å². The fourth-order valence-electron chi connectivity index (χ4n) is 2.85. The number of aromatic nitrogens is 1. The van der Waals surface area contributed by atoms with Gasteiger partial charge in [-0.2, -0.15) is 0 Å². The van der Waals surface area contributed by atoms with E-state index in [9.17, 15) is 5.11 Å². The van der Waals surface area contributed by atoms with Crippen molar-refractivity contribution >= 4 is 10.9 Å². The fourth-order valence-corrected chi connectivity index (χ4v) is 2.85. The van der Waals surface area contributed by atoms with Gasteiger partial charge in [0.1, 0.15) is 0 Å². The Morgan fingerprint density at radius 2 is 2.16 bits per heavy atom. The molecule has 3 rings (SSSR count). The third-order valence-electron chi connectivity index (χ3n) is 3.80. The molecule has 2 atom stereocenters. The molecule has 3 heteroatoms. The second-order valence-corrected chi connectivity index (χ2v) is 5.53. The van der Waals surface area contributed by atoms with Crippen molar-refractivity contribution in [3.8, 4) is 0 Å². The monoisotopic (exact) mass is 257 g/mol. The first-order valence-corrected chi connectivity index (χ1v) is 6.83. The van der Waals surface area contributed by atoms with E-state index in [0.29, 0.717) is 25.9 Å². The van der Waals surface area contributed by atoms with Gasteiger partial charge in [0.15, 0.2) is 0 Å². The minimum Gasteiger partial charge on any atom is -0.389 e. The maximum absolute atomic E-state index is 10.6. The molecular weight excluding hydrogens is 238 g/mol. The van der Waals surface area contributed by atoms with E-state index < -0.39 is 5.60 Å². The van der Waals surface area contributed by atoms with E-state index in [4.69, 9.17) is 4.74 Å². The minimum atomic E-state index is -0.673. The summed E-state index contributed by atoms with van der Waals surface area (Å²) >= 11 is 0. The molecule has 1 aromatic heterocycles. The highest BCUT2D eigenvalue weighted by atomic mass is 16.5. The van der Waals surface area contributed by atoms with E-state index in [1.165, 1.54) is 0 Å². The molecule has 1 aromatic carbocycles. The maximum atomic E-state index is 10.6. The molecule has 2 aromatic rings. The number of fused-ring (bicyclic) bond motifs is 1. The van der Waals surface area contributed by atoms with E-state index in [1.54, 1.807) is 0 Å². The van der Waals surface area contributed by atoms with Crippen LogP contribution in [0.3, 0.4) is 0 Å². The number of para-hydroxylation sites is 1. The summed E-state index contributed by atoms with van der Waals surface area (Å²) in [7, 11) is 0. The molecule has 100 valence electrons. The predicted molar refractivity (Wildman–Crippen MR) is 75.0 cm³/mol. The smallest absolute Gasteiger partial charge is 0.0749 e. The van der Waals surface area contributed by atoms with Crippen LogP contribution >= 0.6 is 0 Å². The number of nitrogens with zero attached hydrogens (tertiary/aromatic N) is 1. The first kappa shape index (κ1) is 12.6. The topological polar surface area (TPSA) is 42.4 Å². The van der Waals surface area contributed by atoms with Crippen molar-refractivity contribution in [2.45, 2.75) is 37.9 Å². The number of aliphatic hydroxyl groups is 1. The zero-order valence-electron chi connectivity index (χ0n) is 11.2. The first-order valence-electron chi connectivity index (χ1n) is 6.83. The van der Waals surface area contributed by atoms with E-state index in [1.807, 2.05) is 31.2 Å². The van der Waals surface area contributed by atoms with Crippen molar-refractivity contribution in [2.75, 3.05) is 6.61 Å². The van der Waals surface area contributed by atoms with Crippen molar-refractivity contribution < 1.29 is 9.84 Å². The fraction of sp³-hybridized carbons (Fsp3) is 0.438. The lowest BCUT2D eigenvalue weighted by Gasteiger charge is -2.35. The molecule has 1 saturated heterocycles. The summed E-state index contributed by atoms with van der Waals surface area (Å²) in [5.74, 6) is 0. The molecule has 1 N–H and O–H groups in total. The summed E-state index contributed by atoms with van der Waals surface area (Å²) in [5.41, 5.74) is 1.27. The van der Waals surface area contributed by atoms with Crippen molar-refractivity contribution in [2.24, 2.45) is 0 Å². The Morgan fingerprint density at radius 3 is 3.00 bits per heavy atom. The summed E-state index contributed by atoms with van der Waals surface area (Å²) in [4.78, 5) is 4.64. The van der Waals surface area contributed by atoms with E-state index >= 15 is 0 Å². The lowest BCUT2D eigenvalue weighted by atomic mass is 9.86. The highest BCUT2D eigenvalue weighted by Gasteiger charge is 2.33. The van der Waals surface area contributed by atoms with Gasteiger partial charge in [-0.25, -0.2) is 0 Å². The highest BCUT2D eigenvalue weighted by molar-refractivity contribution is 5.78. The third kappa shape index (κ3) is 2.77. The molecular formula is C16H19NO2. The van der Waals surface area contributed by atoms with Crippen LogP contribution in [0.2, 0.25) is 0 Å². The molecule has 0 aliphatic carbocycles. The zero-order valence-corrected chi connectivity index (χ0v) is 11.2. The van der Waals surface area contributed by atoms with E-state index in [0.717, 1.165) is 16.6 Å². The van der Waals surface area contributed by atoms with Gasteiger partial charge in [-0.15, -0.1) is 0 Å². The summed E-state index contributed by atoms with van der Waals surface area (Å²) in [5, 5.41) is 11.8. The summed E-state index contributed by atoms with van der Waals surface area (Å²) < 4.78 is 5.50. The van der Waals surface area contributed by atoms with Crippen LogP contribution in [0.5, 0.6) is 0 Å². The van der Waals surface area contributed by atoms with Gasteiger partial charge in [-0.1, -0.05) is 24.3 Å². The molecule has 2 unspecified atom stereocenters. The molecule has 0 radical (unpaired) electrons. The number of benzene rings is 1. The van der Waals surface area contributed by atoms with Crippen molar-refractivity contribution in [3.63, 3.8) is 0 Å². The SMILES string of the molecule is CC1CC(O)(Cc2ccc3ccccc3n2)CCO1. The number of hydrogen-bond donors (Lipinski definition) is 1. The lowest BCUT2D eigenvalue weighted by Crippen LogP contribution is -2.41. The van der Waals surface area contributed by atoms with Crippen LogP contribution in [0.15, 0.2) is 36.4 Å². The average molecular weight is 257 g/mol. The van der Waals surface area contributed by atoms with Crippen LogP contribution in [0.1, 0.15) is 25.5 Å². The second kappa shape index (κ2) is 4.91. The van der Waals surface area contributed by atoms with Crippen molar-refractivity contribution in [3.05, 3.63) is 42.1 Å². The molecule has 0 saturated carbocycles. The largest absolute Gasteiger partial charge is 0.389 e. The van der Waals surface area contributed by atoms with Gasteiger partial charge in [0, 0.05) is 30.5 Å². The molecule has 19 heavy (non-hydrogen) atoms. The number of ether oxygens (including phenoxy) is 1. The van der Waals surface area contributed by atoms with E-state index in [-0.39, 0.29) is 6.10 Å². The molecule has 1 aliphatic rings. The minimum absolute atomic E-state index is 0.124. The van der Waals surface area contributed by atoms with Gasteiger partial charge >= 0.3 is 0 Å². The summed E-state index contributed by atoms with van der Waals surface area (Å²) in [6, 6.07) is 12.2. The number of pyridine rings is 1. The predicted octanol–water partition coefficient (Wildman–Crippen LogP) is 2.71. The Bertz CT molecular complexity index is 584. The Morgan fingerprint density at radius 1 is 1.32 bits per heavy atom. The van der Waals surface area contributed by atoms with Crippen molar-refractivity contribution in [1.82, 2.24) is 4.98 Å². The van der Waals surface area contributed by atoms with Crippen LogP contribution in [0.4, 0.5) is 0 Å². The number of rotatable bonds is 2. The van der Waals surface area contributed by atoms with Crippen LogP contribution in [0, 0.1) is 0 Å². The van der Waals surface area contributed by atoms with Gasteiger partial charge in [0.05, 0.1) is 17.2 Å². The van der Waals surface area contributed by atoms with Crippen LogP contribution in [0.25, 0.3) is 10.9 Å². The normalized spacial score (nSPS) is 27.6. The van der Waals surface area contributed by atoms with Crippen molar-refractivity contribution in [1.29, 1.82) is 0 Å². The highest BCUT2D eigenvalue weighted by Crippen LogP contribution is 2.28. The second-order valence-electron chi connectivity index (χ2n) is 5.53. The van der Waals surface area contributed by atoms with Gasteiger partial charge < -0.3 is 9.84 Å². The Hall–Kier alpha value is -1.45. The average Bonchev–Trinajstić information content (AvgIpc) is 2.38. The molecule has 1 aliphatic heterocycles. The molecule has 3 nitrogen and oxygen atoms in total. The van der Waals surface area contributed by atoms with Gasteiger partial charge in [-0.05, 0) is 25.5 Å². The molecule has 0 bridgehead atoms. The van der Waals surface area contributed by atoms with E-state index in [2.05, 4.69) is 17.1 Å². The van der Waals surface area contributed by atoms with Gasteiger partial charge in [0.25, 0.3) is 0 Å². The lowest BCUT2D eigenvalue weighted by molar-refractivity contribution is -0.0964. The van der Waals surface area contributed by atoms with Gasteiger partial charge in [-0.3, -0.25) is 4.98 Å². The van der Waals surface area contributed by atoms with Crippen LogP contribution in [-0.2, 0) is 11.2 Å². The standard InChI is InChI=1S/C16H19NO2/c1-12-10-16(18,8-9-19-12)11-14-7-6-13-4-2-3-5-15(13)17-14/h2-7,12,18H,8-11H2,1H3. The third-order valence-corrected chi connectivity index (χ3v) is 3.80. The molecule has 1 fully saturated rings. The maximum Gasteiger partial charge on any atom is 0.0749 e. The summed E-state index contributed by atoms with van der Waals surface area (Å²) in [6.07, 6.45) is 2.10. The summed E-state index contributed by atoms with van der Waals surface area (Å²) in [6.45, 7) is 2.64. The Balaban J connectivity index is 1.84.